The number of aliphatic carboxylic acids is 4. The Kier molecular flexibility index (Phi) is 13.7. The zero-order valence-electron chi connectivity index (χ0n) is 16.8. The molecule has 11 nitrogen and oxygen atoms in total. The largest absolute Gasteiger partial charge is 0.478 e. The molecule has 0 radical (unpaired) electrons. The second-order valence-corrected chi connectivity index (χ2v) is 6.73. The van der Waals surface area contributed by atoms with Crippen LogP contribution in [0.25, 0.3) is 0 Å². The molecule has 1 aliphatic heterocycles. The molecule has 0 amide bonds. The first-order chi connectivity index (χ1) is 14.1. The van der Waals surface area contributed by atoms with Gasteiger partial charge in [0.15, 0.2) is 0 Å². The first kappa shape index (κ1) is 27.2. The quantitative estimate of drug-likeness (QED) is 0.312. The number of carboxylic acid groups (broad SMARTS) is 4. The summed E-state index contributed by atoms with van der Waals surface area (Å²) in [5.41, 5.74) is 0. The highest BCUT2D eigenvalue weighted by molar-refractivity contribution is 5.90. The maximum absolute atomic E-state index is 9.79. The lowest BCUT2D eigenvalue weighted by molar-refractivity contribution is -0.134. The third-order valence-electron chi connectivity index (χ3n) is 4.52. The summed E-state index contributed by atoms with van der Waals surface area (Å²) in [7, 11) is 1.94. The predicted octanol–water partition coefficient (Wildman–Crippen LogP) is 0.00720. The fourth-order valence-electron chi connectivity index (χ4n) is 3.13. The standard InChI is InChI=1S/C11H22N2O.2C4H4O4/c1-12-10-7-13(8-11(10)14)9-5-3-2-4-6-9;2*5-3(6)1-2-4(7)8/h9-12,14H,2-8H2,1H3;2*1-2H,(H,5,6)(H,7,8)/b;2*2-1-/t10-,11-;;/m1../s1. The Morgan fingerprint density at radius 3 is 1.47 bits per heavy atom. The van der Waals surface area contributed by atoms with Gasteiger partial charge in [0, 0.05) is 49.5 Å². The van der Waals surface area contributed by atoms with Gasteiger partial charge in [0.2, 0.25) is 0 Å². The summed E-state index contributed by atoms with van der Waals surface area (Å²) >= 11 is 0. The summed E-state index contributed by atoms with van der Waals surface area (Å²) in [5.74, 6) is -5.03. The van der Waals surface area contributed by atoms with Crippen LogP contribution in [0.1, 0.15) is 32.1 Å². The Balaban J connectivity index is 0.000000456. The maximum atomic E-state index is 9.79. The fraction of sp³-hybridized carbons (Fsp3) is 0.579. The van der Waals surface area contributed by atoms with Gasteiger partial charge in [-0.2, -0.15) is 0 Å². The van der Waals surface area contributed by atoms with E-state index in [1.807, 2.05) is 7.05 Å². The highest BCUT2D eigenvalue weighted by atomic mass is 16.4. The van der Waals surface area contributed by atoms with Crippen LogP contribution in [0.4, 0.5) is 0 Å². The number of nitrogens with one attached hydrogen (secondary N) is 1. The molecule has 2 rings (SSSR count). The predicted molar refractivity (Wildman–Crippen MR) is 106 cm³/mol. The van der Waals surface area contributed by atoms with Crippen LogP contribution in [-0.4, -0.2) is 92.6 Å². The van der Waals surface area contributed by atoms with Crippen molar-refractivity contribution in [1.29, 1.82) is 0 Å². The molecule has 0 aromatic carbocycles. The van der Waals surface area contributed by atoms with Gasteiger partial charge in [-0.15, -0.1) is 0 Å². The van der Waals surface area contributed by atoms with Crippen molar-refractivity contribution in [1.82, 2.24) is 10.2 Å². The molecular formula is C19H30N2O9. The topological polar surface area (TPSA) is 185 Å². The van der Waals surface area contributed by atoms with Crippen LogP contribution < -0.4 is 5.32 Å². The molecular weight excluding hydrogens is 400 g/mol. The number of aliphatic hydroxyl groups is 1. The number of hydrogen-bond donors (Lipinski definition) is 6. The minimum absolute atomic E-state index is 0.165. The molecule has 2 fully saturated rings. The summed E-state index contributed by atoms with van der Waals surface area (Å²) in [5, 5.41) is 44.2. The highest BCUT2D eigenvalue weighted by Gasteiger charge is 2.34. The van der Waals surface area contributed by atoms with E-state index in [1.54, 1.807) is 0 Å². The van der Waals surface area contributed by atoms with Crippen LogP contribution in [0.3, 0.4) is 0 Å². The van der Waals surface area contributed by atoms with Crippen molar-refractivity contribution in [2.24, 2.45) is 0 Å². The molecule has 1 saturated heterocycles. The van der Waals surface area contributed by atoms with Crippen LogP contribution >= 0.6 is 0 Å². The number of rotatable bonds is 6. The van der Waals surface area contributed by atoms with Gasteiger partial charge >= 0.3 is 23.9 Å². The Bertz CT molecular complexity index is 561. The van der Waals surface area contributed by atoms with Crippen molar-refractivity contribution in [3.05, 3.63) is 24.3 Å². The molecule has 0 aromatic heterocycles. The molecule has 1 heterocycles. The van der Waals surface area contributed by atoms with Gasteiger partial charge in [-0.25, -0.2) is 19.2 Å². The monoisotopic (exact) mass is 430 g/mol. The zero-order valence-corrected chi connectivity index (χ0v) is 16.8. The molecule has 0 unspecified atom stereocenters. The van der Waals surface area contributed by atoms with E-state index in [4.69, 9.17) is 20.4 Å². The first-order valence-corrected chi connectivity index (χ1v) is 9.44. The average molecular weight is 430 g/mol. The Labute approximate surface area is 174 Å². The molecule has 1 saturated carbocycles. The number of β-amino-alcohol motifs (C(OH)–C–C–N with tert-alkyl or cyclic N) is 1. The second kappa shape index (κ2) is 15.1. The van der Waals surface area contributed by atoms with Crippen LogP contribution in [-0.2, 0) is 19.2 Å². The minimum Gasteiger partial charge on any atom is -0.478 e. The normalized spacial score (nSPS) is 22.1. The fourth-order valence-corrected chi connectivity index (χ4v) is 3.13. The van der Waals surface area contributed by atoms with Crippen LogP contribution in [0.5, 0.6) is 0 Å². The molecule has 30 heavy (non-hydrogen) atoms. The molecule has 1 aliphatic carbocycles. The average Bonchev–Trinajstić information content (AvgIpc) is 3.07. The van der Waals surface area contributed by atoms with Gasteiger partial charge < -0.3 is 30.8 Å². The SMILES string of the molecule is CN[C@@H]1CN(C2CCCCC2)C[C@H]1O.O=C(O)/C=C\C(=O)O.O=C(O)/C=C\C(=O)O. The molecule has 2 aliphatic rings. The number of nitrogens with zero attached hydrogens (tertiary/aromatic N) is 1. The third-order valence-corrected chi connectivity index (χ3v) is 4.52. The minimum atomic E-state index is -1.26. The molecule has 11 heteroatoms. The van der Waals surface area contributed by atoms with Gasteiger partial charge in [0.1, 0.15) is 0 Å². The highest BCUT2D eigenvalue weighted by Crippen LogP contribution is 2.25. The molecule has 0 bridgehead atoms. The lowest BCUT2D eigenvalue weighted by Gasteiger charge is -2.30. The molecule has 0 aromatic rings. The summed E-state index contributed by atoms with van der Waals surface area (Å²) in [6.07, 6.45) is 8.90. The van der Waals surface area contributed by atoms with E-state index in [0.717, 1.165) is 19.1 Å². The Morgan fingerprint density at radius 2 is 1.17 bits per heavy atom. The van der Waals surface area contributed by atoms with E-state index in [-0.39, 0.29) is 12.1 Å². The van der Waals surface area contributed by atoms with Crippen LogP contribution in [0, 0.1) is 0 Å². The van der Waals surface area contributed by atoms with Crippen molar-refractivity contribution in [2.45, 2.75) is 50.3 Å². The van der Waals surface area contributed by atoms with E-state index in [2.05, 4.69) is 10.2 Å². The van der Waals surface area contributed by atoms with Crippen molar-refractivity contribution in [3.8, 4) is 0 Å². The maximum Gasteiger partial charge on any atom is 0.328 e. The molecule has 2 atom stereocenters. The third kappa shape index (κ3) is 13.4. The number of carboxylic acids is 4. The molecule has 0 spiro atoms. The Hall–Kier alpha value is -2.76. The summed E-state index contributed by atoms with van der Waals surface area (Å²) in [6, 6.07) is 1.04. The van der Waals surface area contributed by atoms with Crippen LogP contribution in [0.2, 0.25) is 0 Å². The van der Waals surface area contributed by atoms with Crippen molar-refractivity contribution < 1.29 is 44.7 Å². The zero-order chi connectivity index (χ0) is 23.1. The molecule has 170 valence electrons. The first-order valence-electron chi connectivity index (χ1n) is 9.44. The van der Waals surface area contributed by atoms with Gasteiger partial charge in [-0.05, 0) is 19.9 Å². The summed E-state index contributed by atoms with van der Waals surface area (Å²) in [4.78, 5) is 40.7. The van der Waals surface area contributed by atoms with Crippen molar-refractivity contribution in [2.75, 3.05) is 20.1 Å². The van der Waals surface area contributed by atoms with Crippen LogP contribution in [0.15, 0.2) is 24.3 Å². The second-order valence-electron chi connectivity index (χ2n) is 6.73. The van der Waals surface area contributed by atoms with Crippen molar-refractivity contribution in [3.63, 3.8) is 0 Å². The van der Waals surface area contributed by atoms with E-state index in [0.29, 0.717) is 24.3 Å². The lowest BCUT2D eigenvalue weighted by atomic mass is 9.94. The number of likely N-dealkylation sites (N-methyl/N-ethyl adjacent to an activating group) is 1. The van der Waals surface area contributed by atoms with Crippen molar-refractivity contribution >= 4 is 23.9 Å². The van der Waals surface area contributed by atoms with Gasteiger partial charge in [-0.1, -0.05) is 19.3 Å². The Morgan fingerprint density at radius 1 is 0.767 bits per heavy atom. The van der Waals surface area contributed by atoms with E-state index >= 15 is 0 Å². The summed E-state index contributed by atoms with van der Waals surface area (Å²) < 4.78 is 0. The lowest BCUT2D eigenvalue weighted by Crippen LogP contribution is -2.38. The smallest absolute Gasteiger partial charge is 0.328 e. The van der Waals surface area contributed by atoms with E-state index in [9.17, 15) is 24.3 Å². The number of aliphatic hydroxyl groups excluding tert-OH is 1. The van der Waals surface area contributed by atoms with Gasteiger partial charge in [-0.3, -0.25) is 4.90 Å². The van der Waals surface area contributed by atoms with E-state index < -0.39 is 23.9 Å². The van der Waals surface area contributed by atoms with Gasteiger partial charge in [0.25, 0.3) is 0 Å². The van der Waals surface area contributed by atoms with E-state index in [1.165, 1.54) is 32.1 Å². The number of carbonyl (C=O) groups is 4. The number of likely N-dealkylation sites (tertiary alicyclic amines) is 1. The summed E-state index contributed by atoms with van der Waals surface area (Å²) in [6.45, 7) is 1.90. The van der Waals surface area contributed by atoms with Gasteiger partial charge in [0.05, 0.1) is 6.10 Å². The number of hydrogen-bond acceptors (Lipinski definition) is 7. The molecule has 6 N–H and O–H groups in total.